The summed E-state index contributed by atoms with van der Waals surface area (Å²) in [5, 5.41) is 2.65. The van der Waals surface area contributed by atoms with Gasteiger partial charge in [0.2, 0.25) is 12.3 Å². The summed E-state index contributed by atoms with van der Waals surface area (Å²) in [6.07, 6.45) is 0.915. The quantitative estimate of drug-likeness (QED) is 0.840. The fraction of sp³-hybridized carbons (Fsp3) is 0.211. The molecule has 2 amide bonds. The topological polar surface area (TPSA) is 87.8 Å². The maximum atomic E-state index is 12.2. The summed E-state index contributed by atoms with van der Waals surface area (Å²) in [7, 11) is 1.63. The summed E-state index contributed by atoms with van der Waals surface area (Å²) >= 11 is 0. The van der Waals surface area contributed by atoms with Crippen LogP contribution in [0.4, 0.5) is 5.69 Å². The van der Waals surface area contributed by atoms with Gasteiger partial charge in [0.05, 0.1) is 12.0 Å². The van der Waals surface area contributed by atoms with Crippen molar-refractivity contribution in [2.45, 2.75) is 18.9 Å². The zero-order valence-electron chi connectivity index (χ0n) is 14.2. The van der Waals surface area contributed by atoms with E-state index in [9.17, 15) is 9.59 Å². The van der Waals surface area contributed by atoms with Crippen LogP contribution in [0.3, 0.4) is 0 Å². The Hall–Kier alpha value is -3.15. The van der Waals surface area contributed by atoms with E-state index in [1.807, 2.05) is 55.5 Å². The Balaban J connectivity index is 2.01. The number of aliphatic imine (C=N–C) groups is 1. The van der Waals surface area contributed by atoms with E-state index >= 15 is 0 Å². The van der Waals surface area contributed by atoms with Crippen molar-refractivity contribution in [1.82, 2.24) is 4.90 Å². The van der Waals surface area contributed by atoms with Gasteiger partial charge in [-0.25, -0.2) is 4.99 Å². The number of hydrogen-bond acceptors (Lipinski definition) is 4. The van der Waals surface area contributed by atoms with Crippen molar-refractivity contribution in [1.29, 1.82) is 0 Å². The van der Waals surface area contributed by atoms with E-state index in [2.05, 4.69) is 10.3 Å². The smallest absolute Gasteiger partial charge is 0.231 e. The number of amides is 2. The summed E-state index contributed by atoms with van der Waals surface area (Å²) in [5.41, 5.74) is 8.79. The lowest BCUT2D eigenvalue weighted by molar-refractivity contribution is -0.128. The zero-order valence-corrected chi connectivity index (χ0v) is 14.2. The van der Waals surface area contributed by atoms with E-state index in [0.717, 1.165) is 22.4 Å². The normalized spacial score (nSPS) is 20.2. The van der Waals surface area contributed by atoms with Crippen LogP contribution in [0.25, 0.3) is 11.1 Å². The van der Waals surface area contributed by atoms with Gasteiger partial charge >= 0.3 is 0 Å². The molecule has 0 spiro atoms. The lowest BCUT2D eigenvalue weighted by atomic mass is 9.86. The van der Waals surface area contributed by atoms with Gasteiger partial charge in [0.25, 0.3) is 0 Å². The number of nitrogens with one attached hydrogen (secondary N) is 1. The van der Waals surface area contributed by atoms with Gasteiger partial charge in [-0.15, -0.1) is 0 Å². The van der Waals surface area contributed by atoms with Crippen molar-refractivity contribution < 1.29 is 9.59 Å². The molecule has 0 bridgehead atoms. The first-order chi connectivity index (χ1) is 11.9. The van der Waals surface area contributed by atoms with Crippen LogP contribution in [-0.4, -0.2) is 30.2 Å². The molecule has 6 heteroatoms. The summed E-state index contributed by atoms with van der Waals surface area (Å²) < 4.78 is 0. The Morgan fingerprint density at radius 3 is 2.56 bits per heavy atom. The van der Waals surface area contributed by atoms with Crippen LogP contribution >= 0.6 is 0 Å². The van der Waals surface area contributed by atoms with Crippen molar-refractivity contribution in [3.8, 4) is 11.1 Å². The largest absolute Gasteiger partial charge is 0.369 e. The van der Waals surface area contributed by atoms with Crippen LogP contribution in [0, 0.1) is 0 Å². The molecule has 1 heterocycles. The molecule has 25 heavy (non-hydrogen) atoms. The Morgan fingerprint density at radius 1 is 1.20 bits per heavy atom. The second kappa shape index (κ2) is 6.39. The fourth-order valence-corrected chi connectivity index (χ4v) is 2.97. The van der Waals surface area contributed by atoms with Gasteiger partial charge in [0.15, 0.2) is 5.96 Å². The molecule has 0 saturated carbocycles. The maximum absolute atomic E-state index is 12.2. The summed E-state index contributed by atoms with van der Waals surface area (Å²) in [6.45, 7) is 1.91. The fourth-order valence-electron chi connectivity index (χ4n) is 2.97. The molecule has 6 nitrogen and oxygen atoms in total. The highest BCUT2D eigenvalue weighted by Crippen LogP contribution is 2.35. The van der Waals surface area contributed by atoms with Crippen LogP contribution < -0.4 is 11.1 Å². The Kier molecular flexibility index (Phi) is 4.27. The molecule has 1 aliphatic rings. The third-order valence-electron chi connectivity index (χ3n) is 4.48. The second-order valence-electron chi connectivity index (χ2n) is 6.30. The molecular formula is C19H20N4O2. The third-order valence-corrected chi connectivity index (χ3v) is 4.48. The number of nitrogens with zero attached hydrogens (tertiary/aromatic N) is 2. The molecule has 0 unspecified atom stereocenters. The lowest BCUT2D eigenvalue weighted by Gasteiger charge is -2.33. The Morgan fingerprint density at radius 2 is 1.88 bits per heavy atom. The van der Waals surface area contributed by atoms with Gasteiger partial charge in [-0.3, -0.25) is 14.5 Å². The van der Waals surface area contributed by atoms with E-state index in [0.29, 0.717) is 6.41 Å². The van der Waals surface area contributed by atoms with Crippen LogP contribution in [0.15, 0.2) is 53.5 Å². The van der Waals surface area contributed by atoms with E-state index in [4.69, 9.17) is 5.73 Å². The minimum atomic E-state index is -0.692. The van der Waals surface area contributed by atoms with Gasteiger partial charge in [-0.1, -0.05) is 30.3 Å². The number of carbonyl (C=O) groups excluding carboxylic acids is 2. The minimum Gasteiger partial charge on any atom is -0.369 e. The molecule has 0 radical (unpaired) electrons. The summed E-state index contributed by atoms with van der Waals surface area (Å²) in [5.74, 6) is 0.166. The number of carbonyl (C=O) groups is 2. The minimum absolute atomic E-state index is 0.0578. The van der Waals surface area contributed by atoms with E-state index < -0.39 is 5.54 Å². The predicted octanol–water partition coefficient (Wildman–Crippen LogP) is 2.31. The lowest BCUT2D eigenvalue weighted by Crippen LogP contribution is -2.47. The van der Waals surface area contributed by atoms with E-state index in [-0.39, 0.29) is 18.3 Å². The molecule has 2 aromatic rings. The van der Waals surface area contributed by atoms with Crippen molar-refractivity contribution in [3.05, 3.63) is 54.1 Å². The molecule has 128 valence electrons. The standard InChI is InChI=1S/C19H20N4O2/c1-19(11-17(25)23(2)18(20)22-19)15-7-3-5-13(9-15)14-6-4-8-16(10-14)21-12-24/h3-10,12H,11H2,1-2H3,(H2,20,22)(H,21,24)/t19-/m0/s1. The van der Waals surface area contributed by atoms with Crippen molar-refractivity contribution in [2.24, 2.45) is 10.7 Å². The summed E-state index contributed by atoms with van der Waals surface area (Å²) in [4.78, 5) is 28.7. The first kappa shape index (κ1) is 16.7. The summed E-state index contributed by atoms with van der Waals surface area (Å²) in [6, 6.07) is 15.4. The van der Waals surface area contributed by atoms with E-state index in [1.54, 1.807) is 7.05 Å². The highest BCUT2D eigenvalue weighted by Gasteiger charge is 2.36. The molecule has 3 N–H and O–H groups in total. The molecule has 0 aromatic heterocycles. The molecular weight excluding hydrogens is 316 g/mol. The SMILES string of the molecule is CN1C(=O)C[C@@](C)(c2cccc(-c3cccc(NC=O)c3)c2)N=C1N. The average Bonchev–Trinajstić information content (AvgIpc) is 2.60. The monoisotopic (exact) mass is 336 g/mol. The first-order valence-corrected chi connectivity index (χ1v) is 7.96. The molecule has 0 aliphatic carbocycles. The van der Waals surface area contributed by atoms with E-state index in [1.165, 1.54) is 4.90 Å². The van der Waals surface area contributed by atoms with Gasteiger partial charge in [-0.2, -0.15) is 0 Å². The molecule has 0 fully saturated rings. The maximum Gasteiger partial charge on any atom is 0.231 e. The van der Waals surface area contributed by atoms with Crippen molar-refractivity contribution >= 4 is 24.0 Å². The molecule has 0 saturated heterocycles. The van der Waals surface area contributed by atoms with Crippen LogP contribution in [-0.2, 0) is 15.1 Å². The molecule has 3 rings (SSSR count). The second-order valence-corrected chi connectivity index (χ2v) is 6.30. The number of benzene rings is 2. The van der Waals surface area contributed by atoms with Crippen LogP contribution in [0.1, 0.15) is 18.9 Å². The third kappa shape index (κ3) is 3.24. The van der Waals surface area contributed by atoms with Crippen molar-refractivity contribution in [2.75, 3.05) is 12.4 Å². The van der Waals surface area contributed by atoms with Crippen LogP contribution in [0.2, 0.25) is 0 Å². The number of hydrogen-bond donors (Lipinski definition) is 2. The average molecular weight is 336 g/mol. The number of nitrogens with two attached hydrogens (primary N) is 1. The molecule has 1 atom stereocenters. The van der Waals surface area contributed by atoms with Crippen molar-refractivity contribution in [3.63, 3.8) is 0 Å². The first-order valence-electron chi connectivity index (χ1n) is 7.96. The zero-order chi connectivity index (χ0) is 18.0. The number of guanidine groups is 1. The van der Waals surface area contributed by atoms with Gasteiger partial charge in [-0.05, 0) is 41.8 Å². The van der Waals surface area contributed by atoms with Gasteiger partial charge < -0.3 is 11.1 Å². The number of anilines is 1. The van der Waals surface area contributed by atoms with Gasteiger partial charge in [0.1, 0.15) is 0 Å². The Labute approximate surface area is 146 Å². The Bertz CT molecular complexity index is 862. The highest BCUT2D eigenvalue weighted by molar-refractivity contribution is 5.98. The molecule has 2 aromatic carbocycles. The molecule has 1 aliphatic heterocycles. The predicted molar refractivity (Wildman–Crippen MR) is 97.9 cm³/mol. The van der Waals surface area contributed by atoms with Gasteiger partial charge in [0, 0.05) is 12.7 Å². The van der Waals surface area contributed by atoms with Crippen LogP contribution in [0.5, 0.6) is 0 Å². The highest BCUT2D eigenvalue weighted by atomic mass is 16.2. The number of rotatable bonds is 4.